The monoisotopic (exact) mass is 422 g/mol. The molecule has 0 saturated heterocycles. The molecule has 0 aromatic heterocycles. The fraction of sp³-hybridized carbons (Fsp3) is 0.600. The van der Waals surface area contributed by atoms with Crippen LogP contribution in [0.3, 0.4) is 0 Å². The fourth-order valence-electron chi connectivity index (χ4n) is 4.16. The maximum absolute atomic E-state index is 6.05. The summed E-state index contributed by atoms with van der Waals surface area (Å²) in [6, 6.07) is 17.4. The van der Waals surface area contributed by atoms with Gasteiger partial charge in [-0.05, 0) is 61.1 Å². The molecular formula is C30H46O. The molecule has 2 rings (SSSR count). The van der Waals surface area contributed by atoms with Gasteiger partial charge in [0.15, 0.2) is 0 Å². The molecule has 0 aliphatic carbocycles. The molecule has 1 heteroatoms. The molecular weight excluding hydrogens is 376 g/mol. The first kappa shape index (κ1) is 25.5. The smallest absolute Gasteiger partial charge is 0.127 e. The van der Waals surface area contributed by atoms with Crippen molar-refractivity contribution < 1.29 is 4.74 Å². The van der Waals surface area contributed by atoms with Crippen LogP contribution in [-0.2, 0) is 12.8 Å². The Kier molecular flexibility index (Phi) is 13.9. The van der Waals surface area contributed by atoms with Crippen LogP contribution in [0.25, 0.3) is 0 Å². The summed E-state index contributed by atoms with van der Waals surface area (Å²) >= 11 is 0. The Hall–Kier alpha value is -1.76. The van der Waals surface area contributed by atoms with Crippen LogP contribution in [-0.4, -0.2) is 0 Å². The van der Waals surface area contributed by atoms with Crippen LogP contribution < -0.4 is 4.74 Å². The molecule has 0 atom stereocenters. The lowest BCUT2D eigenvalue weighted by atomic mass is 10.0. The molecule has 0 spiro atoms. The summed E-state index contributed by atoms with van der Waals surface area (Å²) in [6.45, 7) is 4.56. The molecule has 0 aliphatic heterocycles. The molecule has 31 heavy (non-hydrogen) atoms. The Morgan fingerprint density at radius 2 is 0.742 bits per heavy atom. The lowest BCUT2D eigenvalue weighted by molar-refractivity contribution is 0.482. The van der Waals surface area contributed by atoms with Gasteiger partial charge in [-0.2, -0.15) is 0 Å². The van der Waals surface area contributed by atoms with Crippen molar-refractivity contribution in [3.8, 4) is 11.5 Å². The molecule has 0 bridgehead atoms. The second kappa shape index (κ2) is 16.9. The van der Waals surface area contributed by atoms with Gasteiger partial charge in [0.05, 0.1) is 0 Å². The standard InChI is InChI=1S/C30H46O/c1-3-5-7-9-11-13-15-17-27-19-23-29(24-20-27)31-30-25-21-28(22-26-30)18-16-14-12-10-8-6-4-2/h19-26H,3-18H2,1-2H3. The molecule has 0 aliphatic rings. The molecule has 172 valence electrons. The van der Waals surface area contributed by atoms with Gasteiger partial charge >= 0.3 is 0 Å². The fourth-order valence-corrected chi connectivity index (χ4v) is 4.16. The van der Waals surface area contributed by atoms with Gasteiger partial charge in [0.2, 0.25) is 0 Å². The maximum Gasteiger partial charge on any atom is 0.127 e. The number of aryl methyl sites for hydroxylation is 2. The topological polar surface area (TPSA) is 9.23 Å². The van der Waals surface area contributed by atoms with Crippen LogP contribution in [0.1, 0.15) is 115 Å². The molecule has 0 fully saturated rings. The summed E-state index contributed by atoms with van der Waals surface area (Å²) in [4.78, 5) is 0. The van der Waals surface area contributed by atoms with Gasteiger partial charge < -0.3 is 4.74 Å². The summed E-state index contributed by atoms with van der Waals surface area (Å²) < 4.78 is 6.05. The van der Waals surface area contributed by atoms with E-state index in [0.717, 1.165) is 11.5 Å². The predicted molar refractivity (Wildman–Crippen MR) is 136 cm³/mol. The number of rotatable bonds is 18. The molecule has 2 aromatic rings. The first-order valence-corrected chi connectivity index (χ1v) is 13.2. The van der Waals surface area contributed by atoms with E-state index >= 15 is 0 Å². The lowest BCUT2D eigenvalue weighted by Crippen LogP contribution is -1.90. The number of hydrogen-bond donors (Lipinski definition) is 0. The summed E-state index contributed by atoms with van der Waals surface area (Å²) in [5, 5.41) is 0. The van der Waals surface area contributed by atoms with Crippen molar-refractivity contribution in [2.24, 2.45) is 0 Å². The van der Waals surface area contributed by atoms with E-state index in [0.29, 0.717) is 0 Å². The van der Waals surface area contributed by atoms with E-state index < -0.39 is 0 Å². The van der Waals surface area contributed by atoms with E-state index in [1.165, 1.54) is 114 Å². The first-order valence-electron chi connectivity index (χ1n) is 13.2. The number of hydrogen-bond acceptors (Lipinski definition) is 1. The van der Waals surface area contributed by atoms with E-state index in [1.54, 1.807) is 0 Å². The average molecular weight is 423 g/mol. The predicted octanol–water partition coefficient (Wildman–Crippen LogP) is 10.1. The molecule has 0 radical (unpaired) electrons. The number of ether oxygens (including phenoxy) is 1. The van der Waals surface area contributed by atoms with E-state index in [4.69, 9.17) is 4.74 Å². The third-order valence-electron chi connectivity index (χ3n) is 6.22. The van der Waals surface area contributed by atoms with Crippen molar-refractivity contribution in [1.29, 1.82) is 0 Å². The summed E-state index contributed by atoms with van der Waals surface area (Å²) in [7, 11) is 0. The molecule has 0 N–H and O–H groups in total. The van der Waals surface area contributed by atoms with E-state index in [-0.39, 0.29) is 0 Å². The van der Waals surface area contributed by atoms with Crippen molar-refractivity contribution in [2.75, 3.05) is 0 Å². The van der Waals surface area contributed by atoms with Crippen molar-refractivity contribution in [3.63, 3.8) is 0 Å². The third kappa shape index (κ3) is 12.0. The minimum Gasteiger partial charge on any atom is -0.457 e. The van der Waals surface area contributed by atoms with Crippen LogP contribution in [0.4, 0.5) is 0 Å². The van der Waals surface area contributed by atoms with Gasteiger partial charge in [-0.1, -0.05) is 115 Å². The molecule has 2 aromatic carbocycles. The lowest BCUT2D eigenvalue weighted by Gasteiger charge is -2.08. The van der Waals surface area contributed by atoms with Gasteiger partial charge in [0, 0.05) is 0 Å². The van der Waals surface area contributed by atoms with Gasteiger partial charge in [-0.25, -0.2) is 0 Å². The highest BCUT2D eigenvalue weighted by atomic mass is 16.5. The Morgan fingerprint density at radius 1 is 0.419 bits per heavy atom. The Labute approximate surface area is 192 Å². The number of benzene rings is 2. The Balaban J connectivity index is 1.61. The zero-order valence-electron chi connectivity index (χ0n) is 20.3. The normalized spacial score (nSPS) is 11.0. The van der Waals surface area contributed by atoms with Crippen LogP contribution in [0.5, 0.6) is 11.5 Å². The quantitative estimate of drug-likeness (QED) is 0.217. The van der Waals surface area contributed by atoms with Gasteiger partial charge in [0.1, 0.15) is 11.5 Å². The van der Waals surface area contributed by atoms with Crippen molar-refractivity contribution in [3.05, 3.63) is 59.7 Å². The highest BCUT2D eigenvalue weighted by Gasteiger charge is 2.01. The van der Waals surface area contributed by atoms with Crippen LogP contribution in [0, 0.1) is 0 Å². The second-order valence-corrected chi connectivity index (χ2v) is 9.13. The van der Waals surface area contributed by atoms with E-state index in [2.05, 4.69) is 62.4 Å². The van der Waals surface area contributed by atoms with Crippen LogP contribution in [0.15, 0.2) is 48.5 Å². The average Bonchev–Trinajstić information content (AvgIpc) is 2.80. The summed E-state index contributed by atoms with van der Waals surface area (Å²) in [5.41, 5.74) is 2.84. The van der Waals surface area contributed by atoms with Crippen molar-refractivity contribution in [2.45, 2.75) is 117 Å². The molecule has 0 saturated carbocycles. The highest BCUT2D eigenvalue weighted by Crippen LogP contribution is 2.23. The number of unbranched alkanes of at least 4 members (excludes halogenated alkanes) is 12. The van der Waals surface area contributed by atoms with Crippen LogP contribution >= 0.6 is 0 Å². The highest BCUT2D eigenvalue weighted by molar-refractivity contribution is 5.34. The van der Waals surface area contributed by atoms with Crippen molar-refractivity contribution >= 4 is 0 Å². The molecule has 0 amide bonds. The van der Waals surface area contributed by atoms with Gasteiger partial charge in [-0.15, -0.1) is 0 Å². The zero-order valence-corrected chi connectivity index (χ0v) is 20.3. The summed E-state index contributed by atoms with van der Waals surface area (Å²) in [5.74, 6) is 1.87. The van der Waals surface area contributed by atoms with Gasteiger partial charge in [0.25, 0.3) is 0 Å². The van der Waals surface area contributed by atoms with Crippen molar-refractivity contribution in [1.82, 2.24) is 0 Å². The first-order chi connectivity index (χ1) is 15.3. The minimum atomic E-state index is 0.933. The molecule has 1 nitrogen and oxygen atoms in total. The largest absolute Gasteiger partial charge is 0.457 e. The van der Waals surface area contributed by atoms with E-state index in [1.807, 2.05) is 0 Å². The maximum atomic E-state index is 6.05. The Morgan fingerprint density at radius 3 is 1.10 bits per heavy atom. The minimum absolute atomic E-state index is 0.933. The summed E-state index contributed by atoms with van der Waals surface area (Å²) in [6.07, 6.45) is 21.5. The van der Waals surface area contributed by atoms with E-state index in [9.17, 15) is 0 Å². The second-order valence-electron chi connectivity index (χ2n) is 9.13. The third-order valence-corrected chi connectivity index (χ3v) is 6.22. The Bertz CT molecular complexity index is 596. The van der Waals surface area contributed by atoms with Crippen LogP contribution in [0.2, 0.25) is 0 Å². The van der Waals surface area contributed by atoms with Gasteiger partial charge in [-0.3, -0.25) is 0 Å². The SMILES string of the molecule is CCCCCCCCCc1ccc(Oc2ccc(CCCCCCCCC)cc2)cc1. The molecule has 0 heterocycles. The zero-order chi connectivity index (χ0) is 22.0. The molecule has 0 unspecified atom stereocenters.